The number of aryl methyl sites for hydroxylation is 2. The predicted molar refractivity (Wildman–Crippen MR) is 106 cm³/mol. The van der Waals surface area contributed by atoms with E-state index in [1.165, 1.54) is 19.3 Å². The quantitative estimate of drug-likeness (QED) is 0.690. The Kier molecular flexibility index (Phi) is 7.38. The average molecular weight is 462 g/mol. The summed E-state index contributed by atoms with van der Waals surface area (Å²) in [6, 6.07) is 2.04. The van der Waals surface area contributed by atoms with Gasteiger partial charge in [-0.05, 0) is 32.6 Å². The SMILES string of the molecule is Cc1cc(CN2C[C@H]3CCC[C@@]3(COCc3csc(C)n3)C2)no1.O=C(O)C(F)(F)F. The molecule has 4 rings (SSSR count). The largest absolute Gasteiger partial charge is 0.490 e. The molecule has 2 aliphatic rings. The summed E-state index contributed by atoms with van der Waals surface area (Å²) in [4.78, 5) is 15.9. The van der Waals surface area contributed by atoms with Gasteiger partial charge in [-0.3, -0.25) is 4.90 Å². The predicted octanol–water partition coefficient (Wildman–Crippen LogP) is 4.20. The Hall–Kier alpha value is -1.98. The highest BCUT2D eigenvalue weighted by Gasteiger charge is 2.49. The lowest BCUT2D eigenvalue weighted by Crippen LogP contribution is -2.32. The van der Waals surface area contributed by atoms with Crippen molar-refractivity contribution in [1.29, 1.82) is 0 Å². The minimum atomic E-state index is -5.08. The van der Waals surface area contributed by atoms with E-state index in [0.717, 1.165) is 54.3 Å². The average Bonchev–Trinajstić information content (AvgIpc) is 3.41. The molecule has 0 bridgehead atoms. The molecule has 7 nitrogen and oxygen atoms in total. The Morgan fingerprint density at radius 2 is 2.16 bits per heavy atom. The molecule has 1 saturated carbocycles. The van der Waals surface area contributed by atoms with Gasteiger partial charge in [0, 0.05) is 36.5 Å². The Balaban J connectivity index is 0.000000339. The minimum Gasteiger partial charge on any atom is -0.475 e. The van der Waals surface area contributed by atoms with Crippen LogP contribution in [0.4, 0.5) is 13.2 Å². The molecule has 1 saturated heterocycles. The fraction of sp³-hybridized carbons (Fsp3) is 0.650. The number of aliphatic carboxylic acids is 1. The maximum absolute atomic E-state index is 10.6. The Morgan fingerprint density at radius 3 is 2.74 bits per heavy atom. The van der Waals surface area contributed by atoms with Gasteiger partial charge in [0.05, 0.1) is 29.6 Å². The number of hydrogen-bond acceptors (Lipinski definition) is 7. The van der Waals surface area contributed by atoms with Crippen LogP contribution in [-0.4, -0.2) is 52.0 Å². The first-order chi connectivity index (χ1) is 14.6. The van der Waals surface area contributed by atoms with Gasteiger partial charge in [0.2, 0.25) is 0 Å². The lowest BCUT2D eigenvalue weighted by atomic mass is 9.81. The third kappa shape index (κ3) is 6.27. The first-order valence-corrected chi connectivity index (χ1v) is 10.9. The number of aromatic nitrogens is 2. The van der Waals surface area contributed by atoms with Crippen molar-refractivity contribution in [1.82, 2.24) is 15.0 Å². The molecule has 0 amide bonds. The van der Waals surface area contributed by atoms with Crippen LogP contribution in [0.5, 0.6) is 0 Å². The number of halogens is 3. The smallest absolute Gasteiger partial charge is 0.475 e. The van der Waals surface area contributed by atoms with E-state index in [1.807, 2.05) is 19.9 Å². The van der Waals surface area contributed by atoms with Crippen LogP contribution in [0.15, 0.2) is 16.0 Å². The molecule has 2 atom stereocenters. The number of fused-ring (bicyclic) bond motifs is 1. The molecule has 2 aromatic rings. The summed E-state index contributed by atoms with van der Waals surface area (Å²) in [6.07, 6.45) is -1.14. The van der Waals surface area contributed by atoms with Gasteiger partial charge in [-0.2, -0.15) is 13.2 Å². The third-order valence-corrected chi connectivity index (χ3v) is 6.54. The number of thiazole rings is 1. The van der Waals surface area contributed by atoms with E-state index in [0.29, 0.717) is 12.0 Å². The maximum atomic E-state index is 10.6. The van der Waals surface area contributed by atoms with Gasteiger partial charge in [-0.1, -0.05) is 11.6 Å². The summed E-state index contributed by atoms with van der Waals surface area (Å²) < 4.78 is 43.0. The normalized spacial score (nSPS) is 23.5. The van der Waals surface area contributed by atoms with Gasteiger partial charge in [0.1, 0.15) is 5.76 Å². The molecule has 1 aliphatic carbocycles. The molecule has 2 fully saturated rings. The van der Waals surface area contributed by atoms with Crippen LogP contribution in [0.2, 0.25) is 0 Å². The van der Waals surface area contributed by atoms with Gasteiger partial charge in [-0.15, -0.1) is 11.3 Å². The van der Waals surface area contributed by atoms with Crippen LogP contribution in [0, 0.1) is 25.2 Å². The second kappa shape index (κ2) is 9.66. The van der Waals surface area contributed by atoms with E-state index in [4.69, 9.17) is 19.2 Å². The van der Waals surface area contributed by atoms with Crippen molar-refractivity contribution in [2.24, 2.45) is 11.3 Å². The van der Waals surface area contributed by atoms with Crippen molar-refractivity contribution in [3.05, 3.63) is 33.6 Å². The highest BCUT2D eigenvalue weighted by molar-refractivity contribution is 7.09. The number of likely N-dealkylation sites (tertiary alicyclic amines) is 1. The number of nitrogens with zero attached hydrogens (tertiary/aromatic N) is 3. The van der Waals surface area contributed by atoms with E-state index < -0.39 is 12.1 Å². The molecule has 0 aromatic carbocycles. The minimum absolute atomic E-state index is 0.323. The standard InChI is InChI=1S/C18H25N3O2S.C2HF3O2/c1-13-6-16(20-23-13)8-21-7-15-4-3-5-18(15,11-21)12-22-9-17-10-24-14(2)19-17;3-2(4,5)1(6)7/h6,10,15H,3-5,7-9,11-12H2,1-2H3;(H,6,7)/t15-,18+;/m1./s1. The van der Waals surface area contributed by atoms with Crippen LogP contribution >= 0.6 is 11.3 Å². The maximum Gasteiger partial charge on any atom is 0.490 e. The van der Waals surface area contributed by atoms with E-state index in [9.17, 15) is 13.2 Å². The second-order valence-electron chi connectivity index (χ2n) is 8.20. The first kappa shape index (κ1) is 23.7. The molecule has 11 heteroatoms. The highest BCUT2D eigenvalue weighted by Crippen LogP contribution is 2.49. The lowest BCUT2D eigenvalue weighted by molar-refractivity contribution is -0.192. The third-order valence-electron chi connectivity index (χ3n) is 5.72. The molecular weight excluding hydrogens is 435 g/mol. The monoisotopic (exact) mass is 461 g/mol. The number of carboxylic acids is 1. The van der Waals surface area contributed by atoms with E-state index in [-0.39, 0.29) is 0 Å². The van der Waals surface area contributed by atoms with E-state index in [2.05, 4.69) is 20.4 Å². The fourth-order valence-corrected chi connectivity index (χ4v) is 5.03. The second-order valence-corrected chi connectivity index (χ2v) is 9.27. The van der Waals surface area contributed by atoms with Crippen LogP contribution < -0.4 is 0 Å². The topological polar surface area (TPSA) is 88.7 Å². The zero-order valence-electron chi connectivity index (χ0n) is 17.4. The molecule has 1 aliphatic heterocycles. The molecule has 172 valence electrons. The van der Waals surface area contributed by atoms with Gasteiger partial charge in [0.15, 0.2) is 0 Å². The summed E-state index contributed by atoms with van der Waals surface area (Å²) in [7, 11) is 0. The van der Waals surface area contributed by atoms with Gasteiger partial charge in [0.25, 0.3) is 0 Å². The van der Waals surface area contributed by atoms with Gasteiger partial charge in [-0.25, -0.2) is 9.78 Å². The molecule has 3 heterocycles. The molecule has 2 aromatic heterocycles. The summed E-state index contributed by atoms with van der Waals surface area (Å²) in [5, 5.41) is 14.5. The van der Waals surface area contributed by atoms with E-state index >= 15 is 0 Å². The van der Waals surface area contributed by atoms with Crippen molar-refractivity contribution < 1.29 is 32.3 Å². The number of carboxylic acid groups (broad SMARTS) is 1. The first-order valence-electron chi connectivity index (χ1n) is 10.0. The molecule has 0 unspecified atom stereocenters. The summed E-state index contributed by atoms with van der Waals surface area (Å²) in [5.41, 5.74) is 2.43. The molecular formula is C20H26F3N3O4S. The highest BCUT2D eigenvalue weighted by atomic mass is 32.1. The summed E-state index contributed by atoms with van der Waals surface area (Å²) in [5.74, 6) is -1.11. The zero-order valence-corrected chi connectivity index (χ0v) is 18.3. The van der Waals surface area contributed by atoms with Crippen LogP contribution in [0.25, 0.3) is 0 Å². The fourth-order valence-electron chi connectivity index (χ4n) is 4.44. The van der Waals surface area contributed by atoms with E-state index in [1.54, 1.807) is 11.3 Å². The molecule has 1 N–H and O–H groups in total. The molecule has 0 spiro atoms. The number of hydrogen-bond donors (Lipinski definition) is 1. The number of alkyl halides is 3. The molecule has 31 heavy (non-hydrogen) atoms. The van der Waals surface area contributed by atoms with Crippen molar-refractivity contribution in [2.45, 2.75) is 52.4 Å². The number of ether oxygens (including phenoxy) is 1. The van der Waals surface area contributed by atoms with Crippen molar-refractivity contribution >= 4 is 17.3 Å². The Labute approximate surface area is 182 Å². The van der Waals surface area contributed by atoms with Gasteiger partial charge < -0.3 is 14.4 Å². The zero-order chi connectivity index (χ0) is 22.6. The number of rotatable bonds is 6. The molecule has 0 radical (unpaired) electrons. The summed E-state index contributed by atoms with van der Waals surface area (Å²) >= 11 is 1.69. The van der Waals surface area contributed by atoms with Crippen molar-refractivity contribution in [2.75, 3.05) is 19.7 Å². The van der Waals surface area contributed by atoms with Gasteiger partial charge >= 0.3 is 12.1 Å². The van der Waals surface area contributed by atoms with Crippen molar-refractivity contribution in [3.8, 4) is 0 Å². The van der Waals surface area contributed by atoms with Crippen LogP contribution in [-0.2, 0) is 22.7 Å². The number of carbonyl (C=O) groups is 1. The Bertz CT molecular complexity index is 885. The van der Waals surface area contributed by atoms with Crippen LogP contribution in [0.1, 0.15) is 41.4 Å². The van der Waals surface area contributed by atoms with Crippen molar-refractivity contribution in [3.63, 3.8) is 0 Å². The Morgan fingerprint density at radius 1 is 1.42 bits per heavy atom. The summed E-state index contributed by atoms with van der Waals surface area (Å²) in [6.45, 7) is 8.64. The van der Waals surface area contributed by atoms with Crippen LogP contribution in [0.3, 0.4) is 0 Å². The lowest BCUT2D eigenvalue weighted by Gasteiger charge is -2.28.